The van der Waals surface area contributed by atoms with Crippen molar-refractivity contribution in [1.82, 2.24) is 0 Å². The van der Waals surface area contributed by atoms with Gasteiger partial charge in [-0.1, -0.05) is 23.2 Å². The van der Waals surface area contributed by atoms with Gasteiger partial charge in [0.2, 0.25) is 0 Å². The van der Waals surface area contributed by atoms with Crippen LogP contribution in [-0.4, -0.2) is 23.5 Å². The van der Waals surface area contributed by atoms with E-state index in [1.807, 2.05) is 48.5 Å². The molecule has 21 heavy (non-hydrogen) atoms. The second-order valence-electron chi connectivity index (χ2n) is 4.31. The Hall–Kier alpha value is -0.580. The third-order valence-corrected chi connectivity index (χ3v) is 4.30. The second-order valence-corrected chi connectivity index (χ2v) is 6.27. The van der Waals surface area contributed by atoms with Gasteiger partial charge in [-0.25, -0.2) is 0 Å². The lowest BCUT2D eigenvalue weighted by molar-refractivity contribution is -0.00000567. The molecule has 0 saturated heterocycles. The van der Waals surface area contributed by atoms with Crippen molar-refractivity contribution < 1.29 is 17.5 Å². The van der Waals surface area contributed by atoms with Gasteiger partial charge in [0, 0.05) is 32.9 Å². The largest absolute Gasteiger partial charge is 1.00 e. The van der Waals surface area contributed by atoms with E-state index in [9.17, 15) is 5.11 Å². The number of nitrogens with one attached hydrogen (secondary N) is 1. The third kappa shape index (κ3) is 6.81. The molecule has 0 aliphatic rings. The topological polar surface area (TPSA) is 32.3 Å². The van der Waals surface area contributed by atoms with Crippen molar-refractivity contribution in [3.63, 3.8) is 0 Å². The Morgan fingerprint density at radius 1 is 0.952 bits per heavy atom. The fourth-order valence-electron chi connectivity index (χ4n) is 1.59. The van der Waals surface area contributed by atoms with Gasteiger partial charge in [-0.15, -0.1) is 11.8 Å². The highest BCUT2D eigenvalue weighted by Crippen LogP contribution is 2.21. The SMILES string of the molecule is OC(CNc1ccc(Cl)cc1)CSc1ccc(Cl)cc1.[Cl-]. The van der Waals surface area contributed by atoms with E-state index in [2.05, 4.69) is 5.32 Å². The molecule has 0 amide bonds. The van der Waals surface area contributed by atoms with Crippen molar-refractivity contribution in [2.45, 2.75) is 11.0 Å². The molecule has 0 saturated carbocycles. The molecule has 0 aliphatic carbocycles. The van der Waals surface area contributed by atoms with E-state index in [1.54, 1.807) is 11.8 Å². The molecule has 0 heterocycles. The number of thioether (sulfide) groups is 1. The number of halogens is 3. The van der Waals surface area contributed by atoms with E-state index in [0.717, 1.165) is 15.6 Å². The fraction of sp³-hybridized carbons (Fsp3) is 0.200. The zero-order valence-electron chi connectivity index (χ0n) is 11.1. The van der Waals surface area contributed by atoms with E-state index in [1.165, 1.54) is 0 Å². The highest BCUT2D eigenvalue weighted by molar-refractivity contribution is 7.99. The minimum absolute atomic E-state index is 0. The molecule has 0 aromatic heterocycles. The minimum Gasteiger partial charge on any atom is -1.00 e. The van der Waals surface area contributed by atoms with Crippen LogP contribution >= 0.6 is 35.0 Å². The first-order valence-corrected chi connectivity index (χ1v) is 7.93. The maximum Gasteiger partial charge on any atom is 0.0806 e. The number of anilines is 1. The molecule has 0 aliphatic heterocycles. The molecule has 0 bridgehead atoms. The molecule has 2 aromatic carbocycles. The van der Waals surface area contributed by atoms with E-state index in [4.69, 9.17) is 23.2 Å². The van der Waals surface area contributed by atoms with Gasteiger partial charge in [0.15, 0.2) is 0 Å². The van der Waals surface area contributed by atoms with Crippen LogP contribution in [0, 0.1) is 0 Å². The van der Waals surface area contributed by atoms with Gasteiger partial charge in [-0.05, 0) is 48.5 Å². The second kappa shape index (κ2) is 9.44. The molecular weight excluding hydrogens is 349 g/mol. The number of aliphatic hydroxyl groups is 1. The van der Waals surface area contributed by atoms with Crippen molar-refractivity contribution in [3.8, 4) is 0 Å². The monoisotopic (exact) mass is 362 g/mol. The van der Waals surface area contributed by atoms with Gasteiger partial charge in [-0.2, -0.15) is 0 Å². The molecule has 0 radical (unpaired) electrons. The van der Waals surface area contributed by atoms with Gasteiger partial charge in [-0.3, -0.25) is 0 Å². The molecule has 0 fully saturated rings. The number of rotatable bonds is 6. The van der Waals surface area contributed by atoms with Crippen molar-refractivity contribution in [1.29, 1.82) is 0 Å². The Morgan fingerprint density at radius 2 is 1.48 bits per heavy atom. The summed E-state index contributed by atoms with van der Waals surface area (Å²) >= 11 is 13.2. The van der Waals surface area contributed by atoms with Crippen molar-refractivity contribution in [2.75, 3.05) is 17.6 Å². The van der Waals surface area contributed by atoms with Crippen LogP contribution in [0.25, 0.3) is 0 Å². The predicted molar refractivity (Wildman–Crippen MR) is 88.1 cm³/mol. The first-order valence-electron chi connectivity index (χ1n) is 6.19. The molecule has 2 aromatic rings. The molecule has 1 unspecified atom stereocenters. The van der Waals surface area contributed by atoms with Crippen LogP contribution in [0.4, 0.5) is 5.69 Å². The van der Waals surface area contributed by atoms with Crippen LogP contribution in [-0.2, 0) is 0 Å². The Bertz CT molecular complexity index is 484. The summed E-state index contributed by atoms with van der Waals surface area (Å²) in [6.45, 7) is 0.502. The first kappa shape index (κ1) is 18.5. The summed E-state index contributed by atoms with van der Waals surface area (Å²) in [5.41, 5.74) is 0.949. The van der Waals surface area contributed by atoms with Crippen LogP contribution in [0.3, 0.4) is 0 Å². The summed E-state index contributed by atoms with van der Waals surface area (Å²) < 4.78 is 0. The normalized spacial score (nSPS) is 11.6. The highest BCUT2D eigenvalue weighted by Gasteiger charge is 2.05. The lowest BCUT2D eigenvalue weighted by Gasteiger charge is -2.12. The smallest absolute Gasteiger partial charge is 0.0806 e. The standard InChI is InChI=1S/C15H15Cl2NOS.ClH/c16-11-1-5-13(6-2-11)18-9-14(19)10-20-15-7-3-12(17)4-8-15;/h1-8,14,18-19H,9-10H2;1H/p-1. The van der Waals surface area contributed by atoms with Crippen molar-refractivity contribution >= 4 is 40.7 Å². The molecular formula is C15H15Cl3NOS-. The summed E-state index contributed by atoms with van der Waals surface area (Å²) in [5, 5.41) is 14.5. The zero-order valence-corrected chi connectivity index (χ0v) is 14.2. The average molecular weight is 364 g/mol. The van der Waals surface area contributed by atoms with Crippen LogP contribution in [0.5, 0.6) is 0 Å². The van der Waals surface area contributed by atoms with Gasteiger partial charge < -0.3 is 22.8 Å². The van der Waals surface area contributed by atoms with Crippen molar-refractivity contribution in [3.05, 3.63) is 58.6 Å². The predicted octanol–water partition coefficient (Wildman–Crippen LogP) is 1.56. The average Bonchev–Trinajstić information content (AvgIpc) is 2.46. The Labute approximate surface area is 145 Å². The summed E-state index contributed by atoms with van der Waals surface area (Å²) in [6.07, 6.45) is -0.425. The molecule has 1 atom stereocenters. The number of hydrogen-bond acceptors (Lipinski definition) is 3. The van der Waals surface area contributed by atoms with Gasteiger partial charge in [0.25, 0.3) is 0 Å². The van der Waals surface area contributed by atoms with E-state index >= 15 is 0 Å². The van der Waals surface area contributed by atoms with Gasteiger partial charge in [0.05, 0.1) is 6.10 Å². The van der Waals surface area contributed by atoms with Gasteiger partial charge >= 0.3 is 0 Å². The summed E-state index contributed by atoms with van der Waals surface area (Å²) in [7, 11) is 0. The quantitative estimate of drug-likeness (QED) is 0.764. The zero-order chi connectivity index (χ0) is 14.4. The third-order valence-electron chi connectivity index (χ3n) is 2.64. The Balaban J connectivity index is 0.00000220. The fourth-order valence-corrected chi connectivity index (χ4v) is 2.67. The lowest BCUT2D eigenvalue weighted by atomic mass is 10.3. The maximum absolute atomic E-state index is 9.95. The molecule has 114 valence electrons. The molecule has 2 rings (SSSR count). The van der Waals surface area contributed by atoms with E-state index in [-0.39, 0.29) is 12.4 Å². The molecule has 6 heteroatoms. The van der Waals surface area contributed by atoms with E-state index in [0.29, 0.717) is 17.3 Å². The van der Waals surface area contributed by atoms with Crippen LogP contribution in [0.15, 0.2) is 53.4 Å². The molecule has 2 nitrogen and oxygen atoms in total. The van der Waals surface area contributed by atoms with Gasteiger partial charge in [0.1, 0.15) is 0 Å². The summed E-state index contributed by atoms with van der Waals surface area (Å²) in [5.74, 6) is 0.627. The number of benzene rings is 2. The minimum atomic E-state index is -0.425. The van der Waals surface area contributed by atoms with Crippen LogP contribution in [0.1, 0.15) is 0 Å². The maximum atomic E-state index is 9.95. The number of aliphatic hydroxyl groups excluding tert-OH is 1. The molecule has 0 spiro atoms. The van der Waals surface area contributed by atoms with E-state index < -0.39 is 6.10 Å². The van der Waals surface area contributed by atoms with Crippen LogP contribution in [0.2, 0.25) is 10.0 Å². The Kier molecular flexibility index (Phi) is 8.30. The summed E-state index contributed by atoms with van der Waals surface area (Å²) in [4.78, 5) is 1.10. The Morgan fingerprint density at radius 3 is 2.05 bits per heavy atom. The first-order chi connectivity index (χ1) is 9.63. The number of hydrogen-bond donors (Lipinski definition) is 2. The van der Waals surface area contributed by atoms with Crippen molar-refractivity contribution in [2.24, 2.45) is 0 Å². The lowest BCUT2D eigenvalue weighted by Crippen LogP contribution is -3.00. The van der Waals surface area contributed by atoms with Crippen LogP contribution < -0.4 is 17.7 Å². The highest BCUT2D eigenvalue weighted by atomic mass is 35.5. The molecule has 2 N–H and O–H groups in total. The summed E-state index contributed by atoms with van der Waals surface area (Å²) in [6, 6.07) is 15.0.